The minimum absolute atomic E-state index is 0.0153. The summed E-state index contributed by atoms with van der Waals surface area (Å²) in [5.41, 5.74) is 15.7. The first-order valence-corrected chi connectivity index (χ1v) is 16.8. The van der Waals surface area contributed by atoms with E-state index >= 15 is 0 Å². The van der Waals surface area contributed by atoms with Gasteiger partial charge in [0.05, 0.1) is 0 Å². The molecule has 0 saturated heterocycles. The number of rotatable bonds is 4. The molecule has 9 rings (SSSR count). The Balaban J connectivity index is 1.14. The highest BCUT2D eigenvalue weighted by atomic mass is 32.1. The van der Waals surface area contributed by atoms with Crippen molar-refractivity contribution in [2.75, 3.05) is 0 Å². The number of hydrogen-bond acceptors (Lipinski definition) is 1. The van der Waals surface area contributed by atoms with Gasteiger partial charge >= 0.3 is 0 Å². The van der Waals surface area contributed by atoms with E-state index in [2.05, 4.69) is 172 Å². The van der Waals surface area contributed by atoms with Crippen LogP contribution in [-0.4, -0.2) is 0 Å². The molecule has 1 heteroatoms. The molecule has 0 spiro atoms. The second-order valence-corrected chi connectivity index (χ2v) is 13.9. The molecule has 0 atom stereocenters. The zero-order valence-electron chi connectivity index (χ0n) is 25.9. The fraction of sp³-hybridized carbons (Fsp3) is 0.0667. The number of thiophene rings is 1. The molecule has 0 fully saturated rings. The van der Waals surface area contributed by atoms with Crippen LogP contribution < -0.4 is 0 Å². The maximum absolute atomic E-state index is 2.43. The van der Waals surface area contributed by atoms with E-state index in [0.29, 0.717) is 0 Å². The fourth-order valence-electron chi connectivity index (χ4n) is 7.51. The summed E-state index contributed by atoms with van der Waals surface area (Å²) in [5, 5.41) is 2.65. The lowest BCUT2D eigenvalue weighted by atomic mass is 9.82. The van der Waals surface area contributed by atoms with Gasteiger partial charge < -0.3 is 0 Å². The van der Waals surface area contributed by atoms with Crippen molar-refractivity contribution in [3.8, 4) is 55.6 Å². The lowest BCUT2D eigenvalue weighted by Crippen LogP contribution is -2.14. The van der Waals surface area contributed by atoms with Crippen LogP contribution in [0.3, 0.4) is 0 Å². The van der Waals surface area contributed by atoms with Crippen LogP contribution in [0.5, 0.6) is 0 Å². The fourth-order valence-corrected chi connectivity index (χ4v) is 8.89. The number of benzene rings is 7. The van der Waals surface area contributed by atoms with Crippen LogP contribution >= 0.6 is 11.3 Å². The smallest absolute Gasteiger partial charge is 0.0434 e. The molecule has 0 nitrogen and oxygen atoms in total. The lowest BCUT2D eigenvalue weighted by molar-refractivity contribution is 0.660. The van der Waals surface area contributed by atoms with Gasteiger partial charge in [-0.3, -0.25) is 0 Å². The predicted octanol–water partition coefficient (Wildman–Crippen LogP) is 13.0. The van der Waals surface area contributed by atoms with Gasteiger partial charge in [0.15, 0.2) is 0 Å². The first-order chi connectivity index (χ1) is 22.6. The molecule has 218 valence electrons. The molecule has 1 heterocycles. The van der Waals surface area contributed by atoms with Gasteiger partial charge in [0.2, 0.25) is 0 Å². The van der Waals surface area contributed by atoms with Crippen molar-refractivity contribution < 1.29 is 0 Å². The van der Waals surface area contributed by atoms with E-state index in [9.17, 15) is 0 Å². The lowest BCUT2D eigenvalue weighted by Gasteiger charge is -2.21. The minimum atomic E-state index is 0.0153. The molecule has 0 N–H and O–H groups in total. The molecular weight excluding hydrogens is 573 g/mol. The predicted molar refractivity (Wildman–Crippen MR) is 199 cm³/mol. The summed E-state index contributed by atoms with van der Waals surface area (Å²) in [4.78, 5) is 0. The molecule has 8 aromatic rings. The molecule has 1 aliphatic rings. The average Bonchev–Trinajstić information content (AvgIpc) is 3.61. The molecule has 0 unspecified atom stereocenters. The van der Waals surface area contributed by atoms with Gasteiger partial charge in [-0.1, -0.05) is 159 Å². The van der Waals surface area contributed by atoms with Crippen LogP contribution in [0.25, 0.3) is 75.8 Å². The van der Waals surface area contributed by atoms with Crippen molar-refractivity contribution in [3.63, 3.8) is 0 Å². The van der Waals surface area contributed by atoms with Crippen LogP contribution in [0.1, 0.15) is 25.0 Å². The first kappa shape index (κ1) is 27.1. The van der Waals surface area contributed by atoms with E-state index in [1.54, 1.807) is 0 Å². The van der Waals surface area contributed by atoms with Gasteiger partial charge in [-0.25, -0.2) is 0 Å². The van der Waals surface area contributed by atoms with Gasteiger partial charge in [-0.2, -0.15) is 0 Å². The van der Waals surface area contributed by atoms with Crippen LogP contribution in [0.2, 0.25) is 0 Å². The van der Waals surface area contributed by atoms with Gasteiger partial charge in [-0.05, 0) is 78.9 Å². The summed E-state index contributed by atoms with van der Waals surface area (Å²) < 4.78 is 2.69. The van der Waals surface area contributed by atoms with Gasteiger partial charge in [-0.15, -0.1) is 11.3 Å². The minimum Gasteiger partial charge on any atom is -0.134 e. The summed E-state index contributed by atoms with van der Waals surface area (Å²) in [6, 6.07) is 58.1. The van der Waals surface area contributed by atoms with Crippen molar-refractivity contribution >= 4 is 31.5 Å². The highest BCUT2D eigenvalue weighted by molar-refractivity contribution is 7.26. The quantitative estimate of drug-likeness (QED) is 0.187. The van der Waals surface area contributed by atoms with Crippen molar-refractivity contribution in [2.45, 2.75) is 19.3 Å². The summed E-state index contributed by atoms with van der Waals surface area (Å²) in [6.45, 7) is 4.70. The van der Waals surface area contributed by atoms with Crippen molar-refractivity contribution in [1.29, 1.82) is 0 Å². The summed E-state index contributed by atoms with van der Waals surface area (Å²) in [7, 11) is 0. The van der Waals surface area contributed by atoms with Crippen LogP contribution in [0.15, 0.2) is 158 Å². The largest absolute Gasteiger partial charge is 0.134 e. The average molecular weight is 605 g/mol. The summed E-state index contributed by atoms with van der Waals surface area (Å²) in [5.74, 6) is 0. The maximum Gasteiger partial charge on any atom is 0.0434 e. The normalized spacial score (nSPS) is 13.2. The molecule has 0 saturated carbocycles. The van der Waals surface area contributed by atoms with E-state index in [0.717, 1.165) is 0 Å². The Kier molecular flexibility index (Phi) is 6.13. The Morgan fingerprint density at radius 3 is 1.54 bits per heavy atom. The number of fused-ring (bicyclic) bond motifs is 6. The Morgan fingerprint density at radius 1 is 0.348 bits per heavy atom. The zero-order valence-corrected chi connectivity index (χ0v) is 26.7. The Morgan fingerprint density at radius 2 is 0.826 bits per heavy atom. The van der Waals surface area contributed by atoms with Gasteiger partial charge in [0, 0.05) is 25.6 Å². The topological polar surface area (TPSA) is 0 Å². The molecule has 0 bridgehead atoms. The third-order valence-corrected chi connectivity index (χ3v) is 11.2. The van der Waals surface area contributed by atoms with E-state index in [1.807, 2.05) is 11.3 Å². The molecule has 46 heavy (non-hydrogen) atoms. The second-order valence-electron chi connectivity index (χ2n) is 12.9. The van der Waals surface area contributed by atoms with Gasteiger partial charge in [0.25, 0.3) is 0 Å². The monoisotopic (exact) mass is 604 g/mol. The van der Waals surface area contributed by atoms with E-state index < -0.39 is 0 Å². The van der Waals surface area contributed by atoms with E-state index in [1.165, 1.54) is 86.9 Å². The molecule has 7 aromatic carbocycles. The Bertz CT molecular complexity index is 2420. The maximum atomic E-state index is 2.43. The standard InChI is InChI=1S/C45H32S/c1-45(2)41-20-7-6-15-37(41)40-28-34(25-26-42(40)45)36-17-10-19-39-38-18-9-16-35(43(38)46-44(36)39)33-14-8-13-32(27-33)31-23-21-30(22-24-31)29-11-4-3-5-12-29/h3-28H,1-2H3. The van der Waals surface area contributed by atoms with Crippen molar-refractivity contribution in [3.05, 3.63) is 169 Å². The van der Waals surface area contributed by atoms with E-state index in [4.69, 9.17) is 0 Å². The highest BCUT2D eigenvalue weighted by Crippen LogP contribution is 2.50. The van der Waals surface area contributed by atoms with Crippen molar-refractivity contribution in [1.82, 2.24) is 0 Å². The first-order valence-electron chi connectivity index (χ1n) is 16.0. The zero-order chi connectivity index (χ0) is 30.8. The SMILES string of the molecule is CC1(C)c2ccccc2-c2cc(-c3cccc4c3sc3c(-c5cccc(-c6ccc(-c7ccccc7)cc6)c5)cccc34)ccc21. The third kappa shape index (κ3) is 4.20. The molecule has 1 aromatic heterocycles. The molecule has 0 radical (unpaired) electrons. The molecular formula is C45H32S. The Hall–Kier alpha value is -5.24. The van der Waals surface area contributed by atoms with Crippen LogP contribution in [0, 0.1) is 0 Å². The number of hydrogen-bond donors (Lipinski definition) is 0. The van der Waals surface area contributed by atoms with Gasteiger partial charge in [0.1, 0.15) is 0 Å². The molecule has 1 aliphatic carbocycles. The van der Waals surface area contributed by atoms with Crippen LogP contribution in [-0.2, 0) is 5.41 Å². The third-order valence-electron chi connectivity index (χ3n) is 9.92. The highest BCUT2D eigenvalue weighted by Gasteiger charge is 2.35. The Labute approximate surface area is 274 Å². The molecule has 0 aliphatic heterocycles. The van der Waals surface area contributed by atoms with Crippen molar-refractivity contribution in [2.24, 2.45) is 0 Å². The summed E-state index contributed by atoms with van der Waals surface area (Å²) >= 11 is 1.92. The molecule has 0 amide bonds. The summed E-state index contributed by atoms with van der Waals surface area (Å²) in [6.07, 6.45) is 0. The second kappa shape index (κ2) is 10.4. The van der Waals surface area contributed by atoms with E-state index in [-0.39, 0.29) is 5.41 Å². The van der Waals surface area contributed by atoms with Crippen LogP contribution in [0.4, 0.5) is 0 Å².